The molecule has 2 amide bonds. The van der Waals surface area contributed by atoms with Gasteiger partial charge >= 0.3 is 12.2 Å². The van der Waals surface area contributed by atoms with Crippen molar-refractivity contribution in [3.8, 4) is 0 Å². The minimum Gasteiger partial charge on any atom is -0.450 e. The molecular weight excluding hydrogens is 358 g/mol. The highest BCUT2D eigenvalue weighted by molar-refractivity contribution is 5.69. The third kappa shape index (κ3) is 4.09. The Balaban J connectivity index is 1.28. The summed E-state index contributed by atoms with van der Waals surface area (Å²) in [6.07, 6.45) is 8.71. The van der Waals surface area contributed by atoms with E-state index in [2.05, 4.69) is 9.80 Å². The van der Waals surface area contributed by atoms with Crippen LogP contribution in [0.5, 0.6) is 0 Å². The zero-order valence-corrected chi connectivity index (χ0v) is 17.2. The Bertz CT molecular complexity index is 556. The molecule has 1 aliphatic carbocycles. The molecule has 3 heterocycles. The molecule has 0 N–H and O–H groups in total. The van der Waals surface area contributed by atoms with E-state index in [-0.39, 0.29) is 12.2 Å². The van der Waals surface area contributed by atoms with E-state index in [0.717, 1.165) is 58.3 Å². The molecule has 2 unspecified atom stereocenters. The maximum atomic E-state index is 12.5. The highest BCUT2D eigenvalue weighted by atomic mass is 16.6. The molecule has 0 bridgehead atoms. The standard InChI is InChI=1S/C21H35N3O4/c1-2-27-20(25)23-13-7-17(8-14-23)22-11-9-18(10-12-22)24-19-6-4-3-5-16(19)15-28-21(24)26/h16-19H,2-15H2,1H3. The van der Waals surface area contributed by atoms with Crippen LogP contribution in [0.3, 0.4) is 0 Å². The molecule has 0 aromatic carbocycles. The summed E-state index contributed by atoms with van der Waals surface area (Å²) in [5.41, 5.74) is 0. The van der Waals surface area contributed by atoms with Gasteiger partial charge in [-0.1, -0.05) is 12.8 Å². The van der Waals surface area contributed by atoms with Gasteiger partial charge in [0.2, 0.25) is 0 Å². The van der Waals surface area contributed by atoms with Crippen molar-refractivity contribution in [1.82, 2.24) is 14.7 Å². The molecule has 7 heteroatoms. The van der Waals surface area contributed by atoms with Crippen molar-refractivity contribution >= 4 is 12.2 Å². The van der Waals surface area contributed by atoms with Crippen LogP contribution in [0.25, 0.3) is 0 Å². The Morgan fingerprint density at radius 3 is 2.39 bits per heavy atom. The second kappa shape index (κ2) is 8.89. The Morgan fingerprint density at radius 2 is 1.68 bits per heavy atom. The molecule has 0 aromatic rings. The van der Waals surface area contributed by atoms with Gasteiger partial charge in [0.05, 0.1) is 13.2 Å². The summed E-state index contributed by atoms with van der Waals surface area (Å²) in [5.74, 6) is 0.539. The molecule has 4 aliphatic rings. The fourth-order valence-corrected chi connectivity index (χ4v) is 5.71. The van der Waals surface area contributed by atoms with Crippen molar-refractivity contribution in [3.63, 3.8) is 0 Å². The minimum atomic E-state index is -0.176. The fraction of sp³-hybridized carbons (Fsp3) is 0.905. The van der Waals surface area contributed by atoms with Gasteiger partial charge in [0.15, 0.2) is 0 Å². The molecule has 28 heavy (non-hydrogen) atoms. The summed E-state index contributed by atoms with van der Waals surface area (Å²) in [6.45, 7) is 6.55. The van der Waals surface area contributed by atoms with Gasteiger partial charge in [0.1, 0.15) is 0 Å². The van der Waals surface area contributed by atoms with Crippen molar-refractivity contribution < 1.29 is 19.1 Å². The highest BCUT2D eigenvalue weighted by Gasteiger charge is 2.43. The normalized spacial score (nSPS) is 30.7. The second-order valence-electron chi connectivity index (χ2n) is 8.78. The molecule has 7 nitrogen and oxygen atoms in total. The number of hydrogen-bond donors (Lipinski definition) is 0. The quantitative estimate of drug-likeness (QED) is 0.737. The van der Waals surface area contributed by atoms with E-state index in [1.165, 1.54) is 19.3 Å². The maximum absolute atomic E-state index is 12.5. The van der Waals surface area contributed by atoms with Crippen molar-refractivity contribution in [2.24, 2.45) is 5.92 Å². The molecule has 158 valence electrons. The molecule has 4 rings (SSSR count). The SMILES string of the molecule is CCOC(=O)N1CCC(N2CCC(N3C(=O)OCC4CCCCC43)CC2)CC1. The average Bonchev–Trinajstić information content (AvgIpc) is 2.74. The number of amides is 2. The molecular formula is C21H35N3O4. The fourth-order valence-electron chi connectivity index (χ4n) is 5.71. The van der Waals surface area contributed by atoms with Crippen molar-refractivity contribution in [1.29, 1.82) is 0 Å². The number of cyclic esters (lactones) is 1. The number of carbonyl (C=O) groups is 2. The summed E-state index contributed by atoms with van der Waals surface area (Å²) < 4.78 is 10.7. The topological polar surface area (TPSA) is 62.3 Å². The van der Waals surface area contributed by atoms with Crippen LogP contribution in [0, 0.1) is 5.92 Å². The lowest BCUT2D eigenvalue weighted by atomic mass is 9.82. The van der Waals surface area contributed by atoms with Crippen LogP contribution >= 0.6 is 0 Å². The first-order valence-corrected chi connectivity index (χ1v) is 11.3. The minimum absolute atomic E-state index is 0.0793. The van der Waals surface area contributed by atoms with Crippen LogP contribution in [-0.4, -0.2) is 84.4 Å². The third-order valence-corrected chi connectivity index (χ3v) is 7.26. The lowest BCUT2D eigenvalue weighted by Gasteiger charge is -2.49. The summed E-state index contributed by atoms with van der Waals surface area (Å²) in [5, 5.41) is 0. The predicted molar refractivity (Wildman–Crippen MR) is 105 cm³/mol. The second-order valence-corrected chi connectivity index (χ2v) is 8.78. The van der Waals surface area contributed by atoms with E-state index >= 15 is 0 Å². The largest absolute Gasteiger partial charge is 0.450 e. The van der Waals surface area contributed by atoms with Crippen LogP contribution < -0.4 is 0 Å². The van der Waals surface area contributed by atoms with Gasteiger partial charge in [0, 0.05) is 50.2 Å². The van der Waals surface area contributed by atoms with E-state index in [1.807, 2.05) is 11.8 Å². The number of carbonyl (C=O) groups excluding carboxylic acids is 2. The lowest BCUT2D eigenvalue weighted by molar-refractivity contribution is -0.0407. The van der Waals surface area contributed by atoms with Gasteiger partial charge in [-0.2, -0.15) is 0 Å². The van der Waals surface area contributed by atoms with Crippen molar-refractivity contribution in [2.75, 3.05) is 39.4 Å². The van der Waals surface area contributed by atoms with Crippen molar-refractivity contribution in [2.45, 2.75) is 76.4 Å². The number of hydrogen-bond acceptors (Lipinski definition) is 5. The number of piperidine rings is 2. The first kappa shape index (κ1) is 19.8. The summed E-state index contributed by atoms with van der Waals surface area (Å²) in [4.78, 5) is 30.9. The molecule has 0 aromatic heterocycles. The zero-order valence-electron chi connectivity index (χ0n) is 17.2. The molecule has 3 saturated heterocycles. The van der Waals surface area contributed by atoms with Gasteiger partial charge in [-0.3, -0.25) is 0 Å². The first-order valence-electron chi connectivity index (χ1n) is 11.3. The van der Waals surface area contributed by atoms with E-state index in [0.29, 0.717) is 37.3 Å². The van der Waals surface area contributed by atoms with Gasteiger partial charge in [-0.15, -0.1) is 0 Å². The third-order valence-electron chi connectivity index (χ3n) is 7.26. The molecule has 3 aliphatic heterocycles. The average molecular weight is 394 g/mol. The predicted octanol–water partition coefficient (Wildman–Crippen LogP) is 3.08. The zero-order chi connectivity index (χ0) is 19.5. The Kier molecular flexibility index (Phi) is 6.28. The lowest BCUT2D eigenvalue weighted by Crippen LogP contribution is -2.59. The summed E-state index contributed by atoms with van der Waals surface area (Å²) >= 11 is 0. The van der Waals surface area contributed by atoms with Gasteiger partial charge in [-0.25, -0.2) is 9.59 Å². The van der Waals surface area contributed by atoms with Gasteiger partial charge in [-0.05, 0) is 45.4 Å². The van der Waals surface area contributed by atoms with Gasteiger partial charge in [0.25, 0.3) is 0 Å². The Morgan fingerprint density at radius 1 is 1.00 bits per heavy atom. The molecule has 0 radical (unpaired) electrons. The van der Waals surface area contributed by atoms with Crippen LogP contribution in [0.2, 0.25) is 0 Å². The highest BCUT2D eigenvalue weighted by Crippen LogP contribution is 2.36. The number of nitrogens with zero attached hydrogens (tertiary/aromatic N) is 3. The maximum Gasteiger partial charge on any atom is 0.410 e. The van der Waals surface area contributed by atoms with E-state index in [9.17, 15) is 9.59 Å². The summed E-state index contributed by atoms with van der Waals surface area (Å²) in [7, 11) is 0. The smallest absolute Gasteiger partial charge is 0.410 e. The molecule has 1 saturated carbocycles. The number of likely N-dealkylation sites (tertiary alicyclic amines) is 2. The number of ether oxygens (including phenoxy) is 2. The Hall–Kier alpha value is -1.50. The van der Waals surface area contributed by atoms with Crippen LogP contribution in [0.15, 0.2) is 0 Å². The molecule has 0 spiro atoms. The van der Waals surface area contributed by atoms with E-state index in [1.54, 1.807) is 0 Å². The Labute approximate surface area is 168 Å². The van der Waals surface area contributed by atoms with Crippen LogP contribution in [-0.2, 0) is 9.47 Å². The van der Waals surface area contributed by atoms with Crippen LogP contribution in [0.4, 0.5) is 9.59 Å². The molecule has 2 atom stereocenters. The van der Waals surface area contributed by atoms with Crippen LogP contribution in [0.1, 0.15) is 58.3 Å². The van der Waals surface area contributed by atoms with Gasteiger partial charge < -0.3 is 24.2 Å². The van der Waals surface area contributed by atoms with E-state index < -0.39 is 0 Å². The molecule has 4 fully saturated rings. The summed E-state index contributed by atoms with van der Waals surface area (Å²) in [6, 6.07) is 1.27. The monoisotopic (exact) mass is 393 g/mol. The number of fused-ring (bicyclic) bond motifs is 1. The van der Waals surface area contributed by atoms with Crippen molar-refractivity contribution in [3.05, 3.63) is 0 Å². The first-order chi connectivity index (χ1) is 13.7. The number of rotatable bonds is 3. The van der Waals surface area contributed by atoms with E-state index in [4.69, 9.17) is 9.47 Å².